The maximum atomic E-state index is 12.3. The topological polar surface area (TPSA) is 55.1 Å². The number of hydrogen-bond donors (Lipinski definition) is 2. The summed E-state index contributed by atoms with van der Waals surface area (Å²) in [5, 5.41) is 3.07. The summed E-state index contributed by atoms with van der Waals surface area (Å²) in [5.41, 5.74) is 8.90. The molecule has 0 spiro atoms. The molecule has 0 aliphatic heterocycles. The van der Waals surface area contributed by atoms with Crippen LogP contribution in [0.2, 0.25) is 0 Å². The lowest BCUT2D eigenvalue weighted by Crippen LogP contribution is -2.44. The summed E-state index contributed by atoms with van der Waals surface area (Å²) in [5.74, 6) is 0.775. The minimum atomic E-state index is 0.0693. The lowest BCUT2D eigenvalue weighted by molar-refractivity contribution is -0.125. The minimum absolute atomic E-state index is 0.0693. The molecule has 116 valence electrons. The second-order valence-corrected chi connectivity index (χ2v) is 6.19. The first-order valence-corrected chi connectivity index (χ1v) is 8.25. The van der Waals surface area contributed by atoms with E-state index in [4.69, 9.17) is 5.73 Å². The van der Waals surface area contributed by atoms with Gasteiger partial charge in [-0.3, -0.25) is 4.79 Å². The number of aryl methyl sites for hydroxylation is 1. The van der Waals surface area contributed by atoms with Crippen LogP contribution < -0.4 is 11.1 Å². The van der Waals surface area contributed by atoms with Gasteiger partial charge in [-0.05, 0) is 36.3 Å². The second kappa shape index (κ2) is 7.60. The molecule has 1 aliphatic rings. The molecular formula is C18H28N2O. The van der Waals surface area contributed by atoms with Crippen molar-refractivity contribution >= 4 is 5.91 Å². The van der Waals surface area contributed by atoms with Crippen molar-refractivity contribution in [1.82, 2.24) is 5.32 Å². The normalized spacial score (nSPS) is 19.1. The summed E-state index contributed by atoms with van der Waals surface area (Å²) in [4.78, 5) is 12.3. The van der Waals surface area contributed by atoms with E-state index < -0.39 is 0 Å². The molecule has 1 amide bonds. The summed E-state index contributed by atoms with van der Waals surface area (Å²) in [6.07, 6.45) is 4.97. The van der Waals surface area contributed by atoms with Gasteiger partial charge in [-0.1, -0.05) is 51.0 Å². The van der Waals surface area contributed by atoms with Crippen LogP contribution in [0.1, 0.15) is 44.2 Å². The fourth-order valence-electron chi connectivity index (χ4n) is 3.35. The molecule has 1 aromatic carbocycles. The third-order valence-electron chi connectivity index (χ3n) is 4.88. The standard InChI is InChI=1S/C18H28N2O/c1-3-13(4-2)17(19)12-20-18(21)16-10-9-14-7-5-6-8-15(14)11-16/h5-8,13,16-17H,3-4,9-12,19H2,1-2H3,(H,20,21). The van der Waals surface area contributed by atoms with E-state index in [-0.39, 0.29) is 17.9 Å². The zero-order chi connectivity index (χ0) is 15.2. The molecule has 0 saturated heterocycles. The molecule has 1 aliphatic carbocycles. The number of carbonyl (C=O) groups excluding carboxylic acids is 1. The number of nitrogens with two attached hydrogens (primary N) is 1. The Morgan fingerprint density at radius 3 is 2.62 bits per heavy atom. The average Bonchev–Trinajstić information content (AvgIpc) is 2.53. The maximum Gasteiger partial charge on any atom is 0.223 e. The van der Waals surface area contributed by atoms with Crippen molar-refractivity contribution < 1.29 is 4.79 Å². The summed E-state index contributed by atoms with van der Waals surface area (Å²) >= 11 is 0. The molecule has 0 bridgehead atoms. The predicted molar refractivity (Wildman–Crippen MR) is 87.0 cm³/mol. The number of carbonyl (C=O) groups is 1. The van der Waals surface area contributed by atoms with Crippen molar-refractivity contribution in [2.45, 2.75) is 52.0 Å². The van der Waals surface area contributed by atoms with E-state index in [0.29, 0.717) is 12.5 Å². The Morgan fingerprint density at radius 2 is 1.95 bits per heavy atom. The zero-order valence-corrected chi connectivity index (χ0v) is 13.3. The van der Waals surface area contributed by atoms with Gasteiger partial charge in [-0.25, -0.2) is 0 Å². The third kappa shape index (κ3) is 4.07. The smallest absolute Gasteiger partial charge is 0.223 e. The van der Waals surface area contributed by atoms with Gasteiger partial charge in [0.05, 0.1) is 0 Å². The third-order valence-corrected chi connectivity index (χ3v) is 4.88. The number of amides is 1. The van der Waals surface area contributed by atoms with E-state index in [9.17, 15) is 4.79 Å². The molecule has 3 nitrogen and oxygen atoms in total. The Bertz CT molecular complexity index is 468. The van der Waals surface area contributed by atoms with Gasteiger partial charge in [-0.15, -0.1) is 0 Å². The maximum absolute atomic E-state index is 12.3. The molecule has 0 aromatic heterocycles. The summed E-state index contributed by atoms with van der Waals surface area (Å²) in [6, 6.07) is 8.52. The lowest BCUT2D eigenvalue weighted by atomic mass is 9.83. The molecule has 2 unspecified atom stereocenters. The number of hydrogen-bond acceptors (Lipinski definition) is 2. The molecule has 3 heteroatoms. The van der Waals surface area contributed by atoms with Gasteiger partial charge in [0.2, 0.25) is 5.91 Å². The van der Waals surface area contributed by atoms with E-state index in [0.717, 1.165) is 32.1 Å². The minimum Gasteiger partial charge on any atom is -0.354 e. The Morgan fingerprint density at radius 1 is 1.29 bits per heavy atom. The van der Waals surface area contributed by atoms with Crippen molar-refractivity contribution in [3.05, 3.63) is 35.4 Å². The molecule has 2 rings (SSSR count). The van der Waals surface area contributed by atoms with Crippen LogP contribution in [0.25, 0.3) is 0 Å². The first-order chi connectivity index (χ1) is 10.2. The van der Waals surface area contributed by atoms with Gasteiger partial charge >= 0.3 is 0 Å². The fraction of sp³-hybridized carbons (Fsp3) is 0.611. The van der Waals surface area contributed by atoms with Gasteiger partial charge in [0.1, 0.15) is 0 Å². The van der Waals surface area contributed by atoms with Crippen molar-refractivity contribution in [3.63, 3.8) is 0 Å². The van der Waals surface area contributed by atoms with Crippen molar-refractivity contribution in [2.75, 3.05) is 6.54 Å². The van der Waals surface area contributed by atoms with Crippen LogP contribution in [-0.2, 0) is 17.6 Å². The van der Waals surface area contributed by atoms with Crippen LogP contribution in [0.15, 0.2) is 24.3 Å². The van der Waals surface area contributed by atoms with Crippen LogP contribution in [0.5, 0.6) is 0 Å². The van der Waals surface area contributed by atoms with E-state index in [2.05, 4.69) is 43.4 Å². The van der Waals surface area contributed by atoms with Crippen LogP contribution in [0.3, 0.4) is 0 Å². The molecule has 0 heterocycles. The molecular weight excluding hydrogens is 260 g/mol. The van der Waals surface area contributed by atoms with E-state index in [1.165, 1.54) is 11.1 Å². The Kier molecular flexibility index (Phi) is 5.80. The monoisotopic (exact) mass is 288 g/mol. The van der Waals surface area contributed by atoms with Crippen LogP contribution in [-0.4, -0.2) is 18.5 Å². The van der Waals surface area contributed by atoms with Gasteiger partial charge in [0, 0.05) is 18.5 Å². The molecule has 1 aromatic rings. The number of nitrogens with one attached hydrogen (secondary N) is 1. The Balaban J connectivity index is 1.85. The van der Waals surface area contributed by atoms with Crippen molar-refractivity contribution in [1.29, 1.82) is 0 Å². The van der Waals surface area contributed by atoms with Crippen LogP contribution in [0.4, 0.5) is 0 Å². The quantitative estimate of drug-likeness (QED) is 0.845. The van der Waals surface area contributed by atoms with Crippen molar-refractivity contribution in [3.8, 4) is 0 Å². The van der Waals surface area contributed by atoms with Crippen LogP contribution in [0, 0.1) is 11.8 Å². The highest BCUT2D eigenvalue weighted by Gasteiger charge is 2.25. The number of rotatable bonds is 6. The number of benzene rings is 1. The average molecular weight is 288 g/mol. The SMILES string of the molecule is CCC(CC)C(N)CNC(=O)C1CCc2ccccc2C1. The lowest BCUT2D eigenvalue weighted by Gasteiger charge is -2.26. The van der Waals surface area contributed by atoms with Crippen molar-refractivity contribution in [2.24, 2.45) is 17.6 Å². The van der Waals surface area contributed by atoms with Gasteiger partial charge < -0.3 is 11.1 Å². The fourth-order valence-corrected chi connectivity index (χ4v) is 3.35. The Hall–Kier alpha value is -1.35. The first-order valence-electron chi connectivity index (χ1n) is 8.25. The predicted octanol–water partition coefficient (Wildman–Crippen LogP) is 2.67. The molecule has 21 heavy (non-hydrogen) atoms. The molecule has 3 N–H and O–H groups in total. The van der Waals surface area contributed by atoms with Gasteiger partial charge in [-0.2, -0.15) is 0 Å². The molecule has 0 saturated carbocycles. The highest BCUT2D eigenvalue weighted by molar-refractivity contribution is 5.79. The molecule has 0 fully saturated rings. The van der Waals surface area contributed by atoms with Crippen LogP contribution >= 0.6 is 0 Å². The van der Waals surface area contributed by atoms with E-state index >= 15 is 0 Å². The van der Waals surface area contributed by atoms with E-state index in [1.807, 2.05) is 0 Å². The highest BCUT2D eigenvalue weighted by Crippen LogP contribution is 2.25. The second-order valence-electron chi connectivity index (χ2n) is 6.19. The zero-order valence-electron chi connectivity index (χ0n) is 13.3. The van der Waals surface area contributed by atoms with Gasteiger partial charge in [0.25, 0.3) is 0 Å². The highest BCUT2D eigenvalue weighted by atomic mass is 16.1. The van der Waals surface area contributed by atoms with E-state index in [1.54, 1.807) is 0 Å². The Labute approximate surface area is 128 Å². The molecule has 2 atom stereocenters. The van der Waals surface area contributed by atoms with Gasteiger partial charge in [0.15, 0.2) is 0 Å². The summed E-state index contributed by atoms with van der Waals surface area (Å²) < 4.78 is 0. The summed E-state index contributed by atoms with van der Waals surface area (Å²) in [7, 11) is 0. The summed E-state index contributed by atoms with van der Waals surface area (Å²) in [6.45, 7) is 4.92. The first kappa shape index (κ1) is 16.0. The largest absolute Gasteiger partial charge is 0.354 e. The number of fused-ring (bicyclic) bond motifs is 1. The molecule has 0 radical (unpaired) electrons.